The molecule has 4 heteroatoms. The molecule has 0 saturated carbocycles. The van der Waals surface area contributed by atoms with E-state index in [1.807, 2.05) is 48.5 Å². The van der Waals surface area contributed by atoms with Gasteiger partial charge < -0.3 is 5.32 Å². The zero-order chi connectivity index (χ0) is 18.1. The second-order valence-electron chi connectivity index (χ2n) is 6.46. The van der Waals surface area contributed by atoms with E-state index in [2.05, 4.69) is 36.5 Å². The Morgan fingerprint density at radius 3 is 1.96 bits per heavy atom. The first-order valence-corrected chi connectivity index (χ1v) is 9.29. The first-order valence-electron chi connectivity index (χ1n) is 8.53. The second-order valence-corrected chi connectivity index (χ2v) is 7.34. The van der Waals surface area contributed by atoms with Gasteiger partial charge in [-0.25, -0.2) is 0 Å². The fourth-order valence-corrected chi connectivity index (χ4v) is 3.58. The van der Waals surface area contributed by atoms with Crippen LogP contribution in [0, 0.1) is 6.92 Å². The Kier molecular flexibility index (Phi) is 4.71. The van der Waals surface area contributed by atoms with E-state index in [1.165, 1.54) is 5.56 Å². The van der Waals surface area contributed by atoms with E-state index in [1.54, 1.807) is 0 Å². The van der Waals surface area contributed by atoms with E-state index >= 15 is 0 Å². The van der Waals surface area contributed by atoms with Gasteiger partial charge in [-0.2, -0.15) is 0 Å². The van der Waals surface area contributed by atoms with Crippen LogP contribution in [0.15, 0.2) is 77.8 Å². The summed E-state index contributed by atoms with van der Waals surface area (Å²) in [4.78, 5) is 5.03. The Morgan fingerprint density at radius 1 is 0.769 bits per heavy atom. The topological polar surface area (TPSA) is 24.4 Å². The summed E-state index contributed by atoms with van der Waals surface area (Å²) in [5.41, 5.74) is 4.61. The van der Waals surface area contributed by atoms with Crippen molar-refractivity contribution in [2.75, 3.05) is 0 Å². The van der Waals surface area contributed by atoms with Gasteiger partial charge in [0.25, 0.3) is 0 Å². The van der Waals surface area contributed by atoms with E-state index in [0.29, 0.717) is 0 Å². The molecule has 0 fully saturated rings. The molecule has 26 heavy (non-hydrogen) atoms. The molecule has 1 aliphatic heterocycles. The molecule has 1 heterocycles. The molecule has 1 N–H and O–H groups in total. The molecule has 0 amide bonds. The lowest BCUT2D eigenvalue weighted by molar-refractivity contribution is 0.572. The first-order chi connectivity index (χ1) is 12.6. The van der Waals surface area contributed by atoms with E-state index in [9.17, 15) is 0 Å². The molecule has 0 spiro atoms. The predicted molar refractivity (Wildman–Crippen MR) is 109 cm³/mol. The molecule has 3 aromatic rings. The van der Waals surface area contributed by atoms with Gasteiger partial charge in [0.15, 0.2) is 0 Å². The number of rotatable bonds is 3. The van der Waals surface area contributed by atoms with Crippen LogP contribution in [-0.2, 0) is 0 Å². The van der Waals surface area contributed by atoms with Crippen LogP contribution in [0.3, 0.4) is 0 Å². The molecule has 0 saturated heterocycles. The molecule has 0 aliphatic carbocycles. The van der Waals surface area contributed by atoms with Gasteiger partial charge in [-0.1, -0.05) is 71.7 Å². The van der Waals surface area contributed by atoms with Crippen molar-refractivity contribution in [1.82, 2.24) is 5.32 Å². The van der Waals surface area contributed by atoms with Gasteiger partial charge in [0.05, 0.1) is 6.04 Å². The minimum Gasteiger partial charge on any atom is -0.361 e. The maximum Gasteiger partial charge on any atom is 0.129 e. The van der Waals surface area contributed by atoms with Crippen LogP contribution in [-0.4, -0.2) is 5.84 Å². The highest BCUT2D eigenvalue weighted by Gasteiger charge is 2.32. The number of nitrogens with one attached hydrogen (secondary N) is 1. The molecule has 0 aromatic heterocycles. The normalized spacial score (nSPS) is 19.1. The Hall–Kier alpha value is -2.29. The summed E-state index contributed by atoms with van der Waals surface area (Å²) in [5.74, 6) is 0.919. The van der Waals surface area contributed by atoms with Gasteiger partial charge in [-0.3, -0.25) is 4.99 Å². The molecule has 2 atom stereocenters. The SMILES string of the molecule is Cc1ccccc1C1=NC(c2ccc(Cl)cc2)C(c2ccc(Cl)cc2)N1. The number of aryl methyl sites for hydroxylation is 1. The van der Waals surface area contributed by atoms with E-state index < -0.39 is 0 Å². The second kappa shape index (κ2) is 7.14. The summed E-state index contributed by atoms with van der Waals surface area (Å²) in [6.45, 7) is 2.10. The number of hydrogen-bond acceptors (Lipinski definition) is 2. The highest BCUT2D eigenvalue weighted by Crippen LogP contribution is 2.38. The van der Waals surface area contributed by atoms with Gasteiger partial charge in [-0.05, 0) is 47.9 Å². The molecular formula is C22H18Cl2N2. The van der Waals surface area contributed by atoms with E-state index in [4.69, 9.17) is 28.2 Å². The molecule has 0 radical (unpaired) electrons. The van der Waals surface area contributed by atoms with Crippen molar-refractivity contribution in [3.8, 4) is 0 Å². The first kappa shape index (κ1) is 17.1. The molecule has 0 bridgehead atoms. The van der Waals surface area contributed by atoms with Gasteiger partial charge >= 0.3 is 0 Å². The minimum atomic E-state index is -0.0250. The number of hydrogen-bond donors (Lipinski definition) is 1. The van der Waals surface area contributed by atoms with Crippen molar-refractivity contribution in [3.63, 3.8) is 0 Å². The van der Waals surface area contributed by atoms with Crippen molar-refractivity contribution in [1.29, 1.82) is 0 Å². The Bertz CT molecular complexity index is 947. The van der Waals surface area contributed by atoms with Crippen molar-refractivity contribution in [2.24, 2.45) is 4.99 Å². The third-order valence-corrected chi connectivity index (χ3v) is 5.22. The Balaban J connectivity index is 1.77. The quantitative estimate of drug-likeness (QED) is 0.580. The van der Waals surface area contributed by atoms with Crippen molar-refractivity contribution in [2.45, 2.75) is 19.0 Å². The maximum absolute atomic E-state index is 6.07. The average Bonchev–Trinajstić information content (AvgIpc) is 3.08. The summed E-state index contributed by atoms with van der Waals surface area (Å²) in [6, 6.07) is 24.2. The van der Waals surface area contributed by atoms with Crippen LogP contribution in [0.25, 0.3) is 0 Å². The molecule has 2 nitrogen and oxygen atoms in total. The molecule has 2 unspecified atom stereocenters. The van der Waals surface area contributed by atoms with Crippen LogP contribution in [0.2, 0.25) is 10.0 Å². The monoisotopic (exact) mass is 380 g/mol. The summed E-state index contributed by atoms with van der Waals surface area (Å²) in [6.07, 6.45) is 0. The zero-order valence-electron chi connectivity index (χ0n) is 14.3. The Morgan fingerprint density at radius 2 is 1.35 bits per heavy atom. The largest absolute Gasteiger partial charge is 0.361 e. The fraction of sp³-hybridized carbons (Fsp3) is 0.136. The number of aliphatic imine (C=N–C) groups is 1. The zero-order valence-corrected chi connectivity index (χ0v) is 15.8. The Labute approximate surface area is 163 Å². The molecule has 130 valence electrons. The minimum absolute atomic E-state index is 0.0250. The molecule has 1 aliphatic rings. The molecule has 4 rings (SSSR count). The number of benzene rings is 3. The van der Waals surface area contributed by atoms with Crippen LogP contribution < -0.4 is 5.32 Å². The number of nitrogens with zero attached hydrogens (tertiary/aromatic N) is 1. The van der Waals surface area contributed by atoms with Crippen molar-refractivity contribution < 1.29 is 0 Å². The standard InChI is InChI=1S/C22H18Cl2N2/c1-14-4-2-3-5-19(14)22-25-20(15-6-10-17(23)11-7-15)21(26-22)16-8-12-18(24)13-9-16/h2-13,20-21H,1H3,(H,25,26). The summed E-state index contributed by atoms with van der Waals surface area (Å²) in [7, 11) is 0. The molecule has 3 aromatic carbocycles. The number of halogens is 2. The third-order valence-electron chi connectivity index (χ3n) is 4.72. The van der Waals surface area contributed by atoms with Crippen molar-refractivity contribution in [3.05, 3.63) is 105 Å². The van der Waals surface area contributed by atoms with Gasteiger partial charge in [0.2, 0.25) is 0 Å². The highest BCUT2D eigenvalue weighted by molar-refractivity contribution is 6.30. The van der Waals surface area contributed by atoms with E-state index in [-0.39, 0.29) is 12.1 Å². The fourth-order valence-electron chi connectivity index (χ4n) is 3.33. The summed E-state index contributed by atoms with van der Waals surface area (Å²) >= 11 is 12.1. The van der Waals surface area contributed by atoms with Crippen molar-refractivity contribution >= 4 is 29.0 Å². The van der Waals surface area contributed by atoms with E-state index in [0.717, 1.165) is 32.6 Å². The summed E-state index contributed by atoms with van der Waals surface area (Å²) in [5, 5.41) is 5.08. The van der Waals surface area contributed by atoms with Crippen LogP contribution in [0.1, 0.15) is 34.3 Å². The highest BCUT2D eigenvalue weighted by atomic mass is 35.5. The van der Waals surface area contributed by atoms with Crippen LogP contribution in [0.4, 0.5) is 0 Å². The maximum atomic E-state index is 6.07. The summed E-state index contributed by atoms with van der Waals surface area (Å²) < 4.78 is 0. The molecular weight excluding hydrogens is 363 g/mol. The lowest BCUT2D eigenvalue weighted by Gasteiger charge is -2.20. The van der Waals surface area contributed by atoms with Crippen LogP contribution in [0.5, 0.6) is 0 Å². The smallest absolute Gasteiger partial charge is 0.129 e. The van der Waals surface area contributed by atoms with Gasteiger partial charge in [0.1, 0.15) is 11.9 Å². The van der Waals surface area contributed by atoms with Gasteiger partial charge in [-0.15, -0.1) is 0 Å². The number of amidine groups is 1. The van der Waals surface area contributed by atoms with Crippen LogP contribution >= 0.6 is 23.2 Å². The lowest BCUT2D eigenvalue weighted by atomic mass is 9.95. The predicted octanol–water partition coefficient (Wildman–Crippen LogP) is 6.13. The van der Waals surface area contributed by atoms with Gasteiger partial charge in [0, 0.05) is 15.6 Å². The lowest BCUT2D eigenvalue weighted by Crippen LogP contribution is -2.25. The third kappa shape index (κ3) is 3.35. The average molecular weight is 381 g/mol.